The molecule has 32 heavy (non-hydrogen) atoms. The van der Waals surface area contributed by atoms with E-state index in [1.165, 1.54) is 19.2 Å². The van der Waals surface area contributed by atoms with Gasteiger partial charge in [0, 0.05) is 18.5 Å². The van der Waals surface area contributed by atoms with Crippen molar-refractivity contribution in [2.75, 3.05) is 7.11 Å². The first kappa shape index (κ1) is 23.3. The number of hydrogen-bond acceptors (Lipinski definition) is 3. The molecule has 0 bridgehead atoms. The number of Topliss-reactive ketones (excluding diaryl/α,β-unsaturated/α-hetero) is 1. The maximum absolute atomic E-state index is 13.6. The van der Waals surface area contributed by atoms with Gasteiger partial charge in [-0.05, 0) is 42.0 Å². The van der Waals surface area contributed by atoms with Crippen LogP contribution >= 0.6 is 0 Å². The monoisotopic (exact) mass is 453 g/mol. The Bertz CT molecular complexity index is 1090. The molecule has 9 heteroatoms. The Labute approximate surface area is 179 Å². The van der Waals surface area contributed by atoms with Crippen molar-refractivity contribution in [1.29, 1.82) is 0 Å². The van der Waals surface area contributed by atoms with Gasteiger partial charge in [-0.25, -0.2) is 0 Å². The molecule has 0 radical (unpaired) electrons. The second-order valence-corrected chi connectivity index (χ2v) is 6.93. The number of ketones is 1. The van der Waals surface area contributed by atoms with Crippen LogP contribution in [-0.4, -0.2) is 17.9 Å². The molecule has 2 aromatic carbocycles. The third kappa shape index (κ3) is 5.09. The van der Waals surface area contributed by atoms with Crippen molar-refractivity contribution >= 4 is 5.78 Å². The maximum Gasteiger partial charge on any atom is 0.418 e. The van der Waals surface area contributed by atoms with Gasteiger partial charge in [0.05, 0.1) is 29.5 Å². The molecule has 0 spiro atoms. The lowest BCUT2D eigenvalue weighted by Crippen LogP contribution is -2.18. The number of para-hydroxylation sites is 1. The minimum atomic E-state index is -4.76. The summed E-state index contributed by atoms with van der Waals surface area (Å²) in [4.78, 5) is 16.9. The summed E-state index contributed by atoms with van der Waals surface area (Å²) in [5.41, 5.74) is -2.20. The number of ether oxygens (including phenoxy) is 1. The average molecular weight is 453 g/mol. The van der Waals surface area contributed by atoms with E-state index >= 15 is 0 Å². The molecule has 1 heterocycles. The number of benzene rings is 2. The third-order valence-corrected chi connectivity index (χ3v) is 4.91. The van der Waals surface area contributed by atoms with E-state index in [4.69, 9.17) is 4.74 Å². The Balaban J connectivity index is 2.10. The Kier molecular flexibility index (Phi) is 6.57. The van der Waals surface area contributed by atoms with Gasteiger partial charge in [-0.1, -0.05) is 24.3 Å². The first-order valence-corrected chi connectivity index (χ1v) is 9.38. The predicted octanol–water partition coefficient (Wildman–Crippen LogP) is 6.53. The highest BCUT2D eigenvalue weighted by Gasteiger charge is 2.37. The summed E-state index contributed by atoms with van der Waals surface area (Å²) in [5.74, 6) is -1.53. The molecule has 0 saturated carbocycles. The van der Waals surface area contributed by atoms with E-state index in [2.05, 4.69) is 4.98 Å². The lowest BCUT2D eigenvalue weighted by atomic mass is 9.86. The van der Waals surface area contributed by atoms with E-state index in [0.29, 0.717) is 0 Å². The molecule has 3 aromatic rings. The number of nitrogens with zero attached hydrogens (tertiary/aromatic N) is 1. The summed E-state index contributed by atoms with van der Waals surface area (Å²) in [6.07, 6.45) is -8.67. The van der Waals surface area contributed by atoms with Crippen molar-refractivity contribution in [3.63, 3.8) is 0 Å². The predicted molar refractivity (Wildman–Crippen MR) is 104 cm³/mol. The van der Waals surface area contributed by atoms with Crippen molar-refractivity contribution < 1.29 is 35.9 Å². The molecular formula is C23H17F6NO2. The fraction of sp³-hybridized carbons (Fsp3) is 0.217. The number of rotatable bonds is 6. The maximum atomic E-state index is 13.6. The van der Waals surface area contributed by atoms with E-state index in [-0.39, 0.29) is 16.9 Å². The van der Waals surface area contributed by atoms with Crippen LogP contribution in [-0.2, 0) is 12.4 Å². The molecule has 0 aliphatic carbocycles. The topological polar surface area (TPSA) is 39.2 Å². The Hall–Kier alpha value is -3.36. The minimum absolute atomic E-state index is 0.102. The smallest absolute Gasteiger partial charge is 0.418 e. The molecule has 3 nitrogen and oxygen atoms in total. The zero-order valence-corrected chi connectivity index (χ0v) is 16.7. The Morgan fingerprint density at radius 3 is 2.16 bits per heavy atom. The summed E-state index contributed by atoms with van der Waals surface area (Å²) in [6.45, 7) is 0. The van der Waals surface area contributed by atoms with Crippen molar-refractivity contribution in [3.8, 4) is 5.75 Å². The fourth-order valence-corrected chi connectivity index (χ4v) is 3.38. The minimum Gasteiger partial charge on any atom is -0.496 e. The quantitative estimate of drug-likeness (QED) is 0.315. The van der Waals surface area contributed by atoms with Crippen molar-refractivity contribution in [1.82, 2.24) is 4.98 Å². The SMILES string of the molecule is COc1ccccc1C(=O)C[C@@H](c1ccc(C(F)(F)F)cc1)c1ncccc1C(F)(F)F. The van der Waals surface area contributed by atoms with E-state index in [1.807, 2.05) is 0 Å². The second kappa shape index (κ2) is 9.02. The highest BCUT2D eigenvalue weighted by atomic mass is 19.4. The molecule has 0 N–H and O–H groups in total. The molecule has 1 aromatic heterocycles. The molecule has 0 unspecified atom stereocenters. The van der Waals surface area contributed by atoms with E-state index in [9.17, 15) is 31.1 Å². The van der Waals surface area contributed by atoms with Gasteiger partial charge in [0.2, 0.25) is 0 Å². The Morgan fingerprint density at radius 2 is 1.56 bits per heavy atom. The molecule has 3 rings (SSSR count). The van der Waals surface area contributed by atoms with Crippen LogP contribution in [0.2, 0.25) is 0 Å². The van der Waals surface area contributed by atoms with E-state index < -0.39 is 47.3 Å². The largest absolute Gasteiger partial charge is 0.496 e. The highest BCUT2D eigenvalue weighted by Crippen LogP contribution is 2.39. The van der Waals surface area contributed by atoms with Gasteiger partial charge < -0.3 is 4.74 Å². The van der Waals surface area contributed by atoms with Crippen LogP contribution in [0, 0.1) is 0 Å². The van der Waals surface area contributed by atoms with Gasteiger partial charge in [0.1, 0.15) is 5.75 Å². The van der Waals surface area contributed by atoms with Crippen molar-refractivity contribution in [3.05, 3.63) is 94.8 Å². The molecule has 0 amide bonds. The van der Waals surface area contributed by atoms with Crippen LogP contribution in [0.5, 0.6) is 5.75 Å². The summed E-state index contributed by atoms with van der Waals surface area (Å²) in [7, 11) is 1.35. The first-order chi connectivity index (χ1) is 15.0. The second-order valence-electron chi connectivity index (χ2n) is 6.93. The summed E-state index contributed by atoms with van der Waals surface area (Å²) >= 11 is 0. The van der Waals surface area contributed by atoms with Crippen LogP contribution in [0.25, 0.3) is 0 Å². The van der Waals surface area contributed by atoms with Crippen molar-refractivity contribution in [2.24, 2.45) is 0 Å². The van der Waals surface area contributed by atoms with Crippen LogP contribution in [0.4, 0.5) is 26.3 Å². The van der Waals surface area contributed by atoms with Gasteiger partial charge in [-0.3, -0.25) is 9.78 Å². The molecule has 0 aliphatic heterocycles. The number of alkyl halides is 6. The molecule has 0 fully saturated rings. The highest BCUT2D eigenvalue weighted by molar-refractivity contribution is 5.99. The molecule has 0 aliphatic rings. The summed E-state index contributed by atoms with van der Waals surface area (Å²) in [6, 6.07) is 11.8. The number of aromatic nitrogens is 1. The number of pyridine rings is 1. The number of halogens is 6. The average Bonchev–Trinajstić information content (AvgIpc) is 2.76. The van der Waals surface area contributed by atoms with Crippen LogP contribution in [0.3, 0.4) is 0 Å². The Morgan fingerprint density at radius 1 is 0.906 bits per heavy atom. The lowest BCUT2D eigenvalue weighted by molar-refractivity contribution is -0.139. The van der Waals surface area contributed by atoms with Gasteiger partial charge >= 0.3 is 12.4 Å². The van der Waals surface area contributed by atoms with Crippen molar-refractivity contribution in [2.45, 2.75) is 24.7 Å². The van der Waals surface area contributed by atoms with Gasteiger partial charge in [-0.2, -0.15) is 26.3 Å². The zero-order chi connectivity index (χ0) is 23.5. The summed E-state index contributed by atoms with van der Waals surface area (Å²) < 4.78 is 84.9. The third-order valence-electron chi connectivity index (χ3n) is 4.91. The normalized spacial score (nSPS) is 13.0. The van der Waals surface area contributed by atoms with E-state index in [0.717, 1.165) is 42.6 Å². The molecule has 1 atom stereocenters. The fourth-order valence-electron chi connectivity index (χ4n) is 3.38. The molecule has 0 saturated heterocycles. The van der Waals surface area contributed by atoms with Gasteiger partial charge in [-0.15, -0.1) is 0 Å². The van der Waals surface area contributed by atoms with Gasteiger partial charge in [0.25, 0.3) is 0 Å². The molecular weight excluding hydrogens is 436 g/mol. The standard InChI is InChI=1S/C23H17F6NO2/c1-32-20-7-3-2-5-16(20)19(31)13-17(14-8-10-15(11-9-14)22(24,25)26)21-18(23(27,28)29)6-4-12-30-21/h2-12,17H,13H2,1H3/t17-/m0/s1. The number of carbonyl (C=O) groups excluding carboxylic acids is 1. The van der Waals surface area contributed by atoms with E-state index in [1.54, 1.807) is 12.1 Å². The number of methoxy groups -OCH3 is 1. The van der Waals surface area contributed by atoms with Crippen LogP contribution in [0.1, 0.15) is 45.1 Å². The lowest BCUT2D eigenvalue weighted by Gasteiger charge is -2.21. The zero-order valence-electron chi connectivity index (χ0n) is 16.7. The number of carbonyl (C=O) groups is 1. The van der Waals surface area contributed by atoms with Crippen LogP contribution in [0.15, 0.2) is 66.9 Å². The first-order valence-electron chi connectivity index (χ1n) is 9.38. The molecule has 168 valence electrons. The summed E-state index contributed by atoms with van der Waals surface area (Å²) in [5, 5.41) is 0. The van der Waals surface area contributed by atoms with Crippen LogP contribution < -0.4 is 4.74 Å². The van der Waals surface area contributed by atoms with Gasteiger partial charge in [0.15, 0.2) is 5.78 Å². The number of hydrogen-bond donors (Lipinski definition) is 0.